The summed E-state index contributed by atoms with van der Waals surface area (Å²) in [6.45, 7) is 3.01. The second kappa shape index (κ2) is 7.82. The zero-order chi connectivity index (χ0) is 17.8. The molecule has 0 aromatic rings. The summed E-state index contributed by atoms with van der Waals surface area (Å²) >= 11 is 0. The summed E-state index contributed by atoms with van der Waals surface area (Å²) < 4.78 is 27.5. The molecule has 2 aliphatic heterocycles. The second-order valence-electron chi connectivity index (χ2n) is 6.93. The Morgan fingerprint density at radius 2 is 1.88 bits per heavy atom. The van der Waals surface area contributed by atoms with Crippen LogP contribution in [0, 0.1) is 5.41 Å². The topological polar surface area (TPSA) is 84.0 Å². The van der Waals surface area contributed by atoms with Crippen LogP contribution in [0.25, 0.3) is 0 Å². The second-order valence-corrected chi connectivity index (χ2v) is 9.19. The normalized spacial score (nSPS) is 21.3. The van der Waals surface area contributed by atoms with Gasteiger partial charge >= 0.3 is 0 Å². The van der Waals surface area contributed by atoms with Crippen LogP contribution in [0.1, 0.15) is 32.1 Å². The quantitative estimate of drug-likeness (QED) is 0.680. The largest absolute Gasteiger partial charge is 0.383 e. The summed E-state index contributed by atoms with van der Waals surface area (Å²) in [7, 11) is -1.50. The van der Waals surface area contributed by atoms with Crippen molar-refractivity contribution in [2.45, 2.75) is 32.1 Å². The van der Waals surface area contributed by atoms with Crippen LogP contribution in [-0.2, 0) is 24.2 Å². The molecule has 138 valence electrons. The molecule has 2 rings (SSSR count). The highest BCUT2D eigenvalue weighted by atomic mass is 32.2. The van der Waals surface area contributed by atoms with Crippen molar-refractivity contribution >= 4 is 21.7 Å². The molecule has 1 spiro atoms. The van der Waals surface area contributed by atoms with E-state index < -0.39 is 9.84 Å². The van der Waals surface area contributed by atoms with Gasteiger partial charge in [0.25, 0.3) is 0 Å². The predicted molar refractivity (Wildman–Crippen MR) is 90.3 cm³/mol. The number of carbonyl (C=O) groups is 2. The number of nitrogens with zero attached hydrogens (tertiary/aromatic N) is 2. The van der Waals surface area contributed by atoms with E-state index in [0.717, 1.165) is 25.6 Å². The van der Waals surface area contributed by atoms with E-state index in [1.165, 1.54) is 0 Å². The van der Waals surface area contributed by atoms with Gasteiger partial charge in [-0.15, -0.1) is 0 Å². The molecular formula is C16H28N2O5S. The molecule has 8 heteroatoms. The number of methoxy groups -OCH3 is 1. The van der Waals surface area contributed by atoms with Gasteiger partial charge in [0, 0.05) is 46.0 Å². The molecule has 7 nitrogen and oxygen atoms in total. The SMILES string of the molecule is COCCN1CCCC2(CCN(C(=O)CCS(C)(=O)=O)CC2)C1=O. The Morgan fingerprint density at radius 1 is 1.21 bits per heavy atom. The van der Waals surface area contributed by atoms with E-state index in [1.54, 1.807) is 12.0 Å². The first-order valence-corrected chi connectivity index (χ1v) is 10.6. The molecule has 0 aromatic heterocycles. The molecular weight excluding hydrogens is 332 g/mol. The van der Waals surface area contributed by atoms with Crippen LogP contribution < -0.4 is 0 Å². The number of ether oxygens (including phenoxy) is 1. The zero-order valence-corrected chi connectivity index (χ0v) is 15.4. The minimum absolute atomic E-state index is 0.0275. The van der Waals surface area contributed by atoms with Crippen LogP contribution in [0.5, 0.6) is 0 Å². The molecule has 2 fully saturated rings. The van der Waals surface area contributed by atoms with Crippen molar-refractivity contribution in [1.29, 1.82) is 0 Å². The number of carbonyl (C=O) groups excluding carboxylic acids is 2. The van der Waals surface area contributed by atoms with Crippen molar-refractivity contribution in [1.82, 2.24) is 9.80 Å². The minimum atomic E-state index is -3.13. The van der Waals surface area contributed by atoms with Crippen LogP contribution >= 0.6 is 0 Å². The van der Waals surface area contributed by atoms with E-state index in [9.17, 15) is 18.0 Å². The number of hydrogen-bond donors (Lipinski definition) is 0. The molecule has 0 bridgehead atoms. The highest BCUT2D eigenvalue weighted by Crippen LogP contribution is 2.40. The number of amides is 2. The van der Waals surface area contributed by atoms with Crippen molar-refractivity contribution in [3.05, 3.63) is 0 Å². The maximum Gasteiger partial charge on any atom is 0.229 e. The van der Waals surface area contributed by atoms with E-state index in [-0.39, 0.29) is 29.4 Å². The lowest BCUT2D eigenvalue weighted by atomic mass is 9.71. The smallest absolute Gasteiger partial charge is 0.229 e. The molecule has 2 heterocycles. The summed E-state index contributed by atoms with van der Waals surface area (Å²) in [5, 5.41) is 0. The number of likely N-dealkylation sites (tertiary alicyclic amines) is 2. The maximum absolute atomic E-state index is 12.8. The molecule has 0 saturated carbocycles. The molecule has 2 aliphatic rings. The van der Waals surface area contributed by atoms with Crippen LogP contribution in [0.2, 0.25) is 0 Å². The number of rotatable bonds is 6. The highest BCUT2D eigenvalue weighted by Gasteiger charge is 2.45. The van der Waals surface area contributed by atoms with E-state index in [1.807, 2.05) is 4.90 Å². The van der Waals surface area contributed by atoms with Crippen LogP contribution in [0.15, 0.2) is 0 Å². The van der Waals surface area contributed by atoms with Gasteiger partial charge in [-0.3, -0.25) is 9.59 Å². The number of piperidine rings is 2. The number of hydrogen-bond acceptors (Lipinski definition) is 5. The molecule has 0 radical (unpaired) electrons. The highest BCUT2D eigenvalue weighted by molar-refractivity contribution is 7.90. The fraction of sp³-hybridized carbons (Fsp3) is 0.875. The van der Waals surface area contributed by atoms with E-state index in [0.29, 0.717) is 39.1 Å². The first kappa shape index (κ1) is 19.2. The lowest BCUT2D eigenvalue weighted by Crippen LogP contribution is -2.54. The standard InChI is InChI=1S/C16H28N2O5S/c1-23-12-11-18-8-3-5-16(15(18)20)6-9-17(10-7-16)14(19)4-13-24(2,21)22/h3-13H2,1-2H3. The van der Waals surface area contributed by atoms with E-state index in [2.05, 4.69) is 0 Å². The van der Waals surface area contributed by atoms with Crippen molar-refractivity contribution in [3.63, 3.8) is 0 Å². The van der Waals surface area contributed by atoms with Gasteiger partial charge in [0.15, 0.2) is 0 Å². The monoisotopic (exact) mass is 360 g/mol. The summed E-state index contributed by atoms with van der Waals surface area (Å²) in [6.07, 6.45) is 4.36. The Morgan fingerprint density at radius 3 is 2.46 bits per heavy atom. The van der Waals surface area contributed by atoms with Crippen molar-refractivity contribution < 1.29 is 22.7 Å². The summed E-state index contributed by atoms with van der Waals surface area (Å²) in [4.78, 5) is 28.6. The lowest BCUT2D eigenvalue weighted by Gasteiger charge is -2.46. The zero-order valence-electron chi connectivity index (χ0n) is 14.6. The van der Waals surface area contributed by atoms with Crippen molar-refractivity contribution in [2.24, 2.45) is 5.41 Å². The van der Waals surface area contributed by atoms with Gasteiger partial charge in [0.1, 0.15) is 9.84 Å². The van der Waals surface area contributed by atoms with Gasteiger partial charge in [-0.05, 0) is 25.7 Å². The van der Waals surface area contributed by atoms with Crippen molar-refractivity contribution in [3.8, 4) is 0 Å². The van der Waals surface area contributed by atoms with E-state index >= 15 is 0 Å². The third-order valence-electron chi connectivity index (χ3n) is 5.15. The predicted octanol–water partition coefficient (Wildman–Crippen LogP) is 0.299. The molecule has 2 saturated heterocycles. The van der Waals surface area contributed by atoms with Gasteiger partial charge in [0.2, 0.25) is 11.8 Å². The average Bonchev–Trinajstić information content (AvgIpc) is 2.54. The first-order chi connectivity index (χ1) is 11.3. The number of sulfone groups is 1. The molecule has 0 aliphatic carbocycles. The van der Waals surface area contributed by atoms with Gasteiger partial charge < -0.3 is 14.5 Å². The van der Waals surface area contributed by atoms with Crippen LogP contribution in [0.3, 0.4) is 0 Å². The summed E-state index contributed by atoms with van der Waals surface area (Å²) in [6, 6.07) is 0. The fourth-order valence-electron chi connectivity index (χ4n) is 3.65. The van der Waals surface area contributed by atoms with Crippen LogP contribution in [0.4, 0.5) is 0 Å². The third kappa shape index (κ3) is 4.69. The Bertz CT molecular complexity index is 567. The summed E-state index contributed by atoms with van der Waals surface area (Å²) in [5.41, 5.74) is -0.348. The Balaban J connectivity index is 1.90. The third-order valence-corrected chi connectivity index (χ3v) is 6.10. The summed E-state index contributed by atoms with van der Waals surface area (Å²) in [5.74, 6) is -0.0548. The Labute approximate surface area is 144 Å². The molecule has 0 N–H and O–H groups in total. The Kier molecular flexibility index (Phi) is 6.25. The molecule has 2 amide bonds. The van der Waals surface area contributed by atoms with Gasteiger partial charge in [-0.2, -0.15) is 0 Å². The molecule has 24 heavy (non-hydrogen) atoms. The first-order valence-electron chi connectivity index (χ1n) is 8.51. The van der Waals surface area contributed by atoms with Crippen molar-refractivity contribution in [2.75, 3.05) is 51.9 Å². The van der Waals surface area contributed by atoms with Gasteiger partial charge in [0.05, 0.1) is 17.8 Å². The van der Waals surface area contributed by atoms with Gasteiger partial charge in [-0.1, -0.05) is 0 Å². The molecule has 0 aromatic carbocycles. The minimum Gasteiger partial charge on any atom is -0.383 e. The Hall–Kier alpha value is -1.15. The maximum atomic E-state index is 12.8. The molecule has 0 unspecified atom stereocenters. The lowest BCUT2D eigenvalue weighted by molar-refractivity contribution is -0.153. The van der Waals surface area contributed by atoms with E-state index in [4.69, 9.17) is 4.74 Å². The fourth-order valence-corrected chi connectivity index (χ4v) is 4.19. The average molecular weight is 360 g/mol. The van der Waals surface area contributed by atoms with Crippen LogP contribution in [-0.4, -0.2) is 81.9 Å². The molecule has 0 atom stereocenters. The van der Waals surface area contributed by atoms with Gasteiger partial charge in [-0.25, -0.2) is 8.42 Å².